The van der Waals surface area contributed by atoms with Gasteiger partial charge in [-0.3, -0.25) is 9.78 Å². The smallest absolute Gasteiger partial charge is 0.227 e. The maximum Gasteiger partial charge on any atom is 0.227 e. The highest BCUT2D eigenvalue weighted by atomic mass is 16.1. The Bertz CT molecular complexity index is 528. The largest absolute Gasteiger partial charge is 0.324 e. The maximum atomic E-state index is 12.7. The topological polar surface area (TPSA) is 42.0 Å². The first-order chi connectivity index (χ1) is 10.8. The van der Waals surface area contributed by atoms with Gasteiger partial charge in [-0.05, 0) is 50.2 Å². The molecule has 0 aromatic carbocycles. The summed E-state index contributed by atoms with van der Waals surface area (Å²) in [4.78, 5) is 17.2. The molecular weight excluding hydrogens is 272 g/mol. The molecule has 0 saturated heterocycles. The number of amides is 1. The van der Waals surface area contributed by atoms with Crippen molar-refractivity contribution >= 4 is 11.6 Å². The average molecular weight is 300 g/mol. The zero-order valence-electron chi connectivity index (χ0n) is 13.8. The Kier molecular flexibility index (Phi) is 5.12. The fraction of sp³-hybridized carbons (Fsp3) is 0.684. The monoisotopic (exact) mass is 300 g/mol. The molecule has 3 nitrogen and oxygen atoms in total. The van der Waals surface area contributed by atoms with Gasteiger partial charge in [-0.1, -0.05) is 38.5 Å². The first-order valence-corrected chi connectivity index (χ1v) is 9.04. The van der Waals surface area contributed by atoms with E-state index in [-0.39, 0.29) is 11.8 Å². The number of aromatic nitrogens is 1. The SMILES string of the molecule is Cc1c(NC(=O)C2CCCCCCCC2)cnc2c1CCC2. The van der Waals surface area contributed by atoms with Crippen LogP contribution in [0.2, 0.25) is 0 Å². The second-order valence-corrected chi connectivity index (χ2v) is 6.96. The Hall–Kier alpha value is -1.38. The summed E-state index contributed by atoms with van der Waals surface area (Å²) in [5.41, 5.74) is 4.77. The number of hydrogen-bond acceptors (Lipinski definition) is 2. The van der Waals surface area contributed by atoms with Gasteiger partial charge < -0.3 is 5.32 Å². The minimum absolute atomic E-state index is 0.186. The highest BCUT2D eigenvalue weighted by molar-refractivity contribution is 5.93. The fourth-order valence-corrected chi connectivity index (χ4v) is 3.93. The van der Waals surface area contributed by atoms with Crippen molar-refractivity contribution in [3.63, 3.8) is 0 Å². The molecule has 1 aromatic heterocycles. The van der Waals surface area contributed by atoms with Crippen LogP contribution in [0.15, 0.2) is 6.20 Å². The zero-order chi connectivity index (χ0) is 15.4. The van der Waals surface area contributed by atoms with Crippen LogP contribution in [0.4, 0.5) is 5.69 Å². The van der Waals surface area contributed by atoms with E-state index in [0.717, 1.165) is 31.4 Å². The van der Waals surface area contributed by atoms with E-state index < -0.39 is 0 Å². The number of carbonyl (C=O) groups excluding carboxylic acids is 1. The van der Waals surface area contributed by atoms with Crippen LogP contribution in [0.25, 0.3) is 0 Å². The second kappa shape index (κ2) is 7.26. The van der Waals surface area contributed by atoms with Gasteiger partial charge in [0.15, 0.2) is 0 Å². The van der Waals surface area contributed by atoms with Crippen molar-refractivity contribution in [3.8, 4) is 0 Å². The number of pyridine rings is 1. The van der Waals surface area contributed by atoms with Gasteiger partial charge in [0.2, 0.25) is 5.91 Å². The van der Waals surface area contributed by atoms with E-state index in [1.165, 1.54) is 61.8 Å². The number of nitrogens with one attached hydrogen (secondary N) is 1. The molecule has 0 unspecified atom stereocenters. The van der Waals surface area contributed by atoms with Crippen LogP contribution < -0.4 is 5.32 Å². The van der Waals surface area contributed by atoms with Gasteiger partial charge in [-0.2, -0.15) is 0 Å². The summed E-state index contributed by atoms with van der Waals surface area (Å²) in [5.74, 6) is 0.399. The lowest BCUT2D eigenvalue weighted by Gasteiger charge is -2.17. The molecule has 1 amide bonds. The molecule has 1 aromatic rings. The number of anilines is 1. The Balaban J connectivity index is 1.68. The molecule has 0 radical (unpaired) electrons. The first kappa shape index (κ1) is 15.5. The number of nitrogens with zero attached hydrogens (tertiary/aromatic N) is 1. The summed E-state index contributed by atoms with van der Waals surface area (Å²) in [5, 5.41) is 3.18. The van der Waals surface area contributed by atoms with Crippen molar-refractivity contribution in [2.45, 2.75) is 77.6 Å². The van der Waals surface area contributed by atoms with Crippen molar-refractivity contribution in [1.82, 2.24) is 4.98 Å². The van der Waals surface area contributed by atoms with Gasteiger partial charge in [0.25, 0.3) is 0 Å². The van der Waals surface area contributed by atoms with Crippen LogP contribution in [0.5, 0.6) is 0 Å². The molecule has 22 heavy (non-hydrogen) atoms. The lowest BCUT2D eigenvalue weighted by molar-refractivity contribution is -0.120. The predicted molar refractivity (Wildman–Crippen MR) is 90.1 cm³/mol. The average Bonchev–Trinajstić information content (AvgIpc) is 3.03. The Morgan fingerprint density at radius 3 is 2.45 bits per heavy atom. The number of carbonyl (C=O) groups is 1. The predicted octanol–water partition coefficient (Wildman–Crippen LogP) is 4.57. The van der Waals surface area contributed by atoms with Gasteiger partial charge in [-0.15, -0.1) is 0 Å². The molecule has 0 aliphatic heterocycles. The highest BCUT2D eigenvalue weighted by Crippen LogP contribution is 2.29. The molecule has 2 aliphatic carbocycles. The molecule has 120 valence electrons. The fourth-order valence-electron chi connectivity index (χ4n) is 3.93. The van der Waals surface area contributed by atoms with E-state index in [9.17, 15) is 4.79 Å². The third-order valence-electron chi connectivity index (χ3n) is 5.38. The van der Waals surface area contributed by atoms with E-state index in [1.807, 2.05) is 6.20 Å². The molecule has 0 bridgehead atoms. The summed E-state index contributed by atoms with van der Waals surface area (Å²) in [6, 6.07) is 0. The summed E-state index contributed by atoms with van der Waals surface area (Å²) in [6.45, 7) is 2.13. The zero-order valence-corrected chi connectivity index (χ0v) is 13.8. The van der Waals surface area contributed by atoms with E-state index >= 15 is 0 Å². The molecule has 1 heterocycles. The molecule has 3 rings (SSSR count). The minimum Gasteiger partial charge on any atom is -0.324 e. The summed E-state index contributed by atoms with van der Waals surface area (Å²) in [6.07, 6.45) is 15.0. The third-order valence-corrected chi connectivity index (χ3v) is 5.38. The van der Waals surface area contributed by atoms with Gasteiger partial charge in [0.1, 0.15) is 0 Å². The van der Waals surface area contributed by atoms with E-state index in [1.54, 1.807) is 0 Å². The maximum absolute atomic E-state index is 12.7. The summed E-state index contributed by atoms with van der Waals surface area (Å²) < 4.78 is 0. The molecule has 3 heteroatoms. The Labute approximate surface area is 133 Å². The van der Waals surface area contributed by atoms with Crippen LogP contribution in [0, 0.1) is 12.8 Å². The van der Waals surface area contributed by atoms with Gasteiger partial charge in [0.05, 0.1) is 11.9 Å². The van der Waals surface area contributed by atoms with Crippen molar-refractivity contribution in [3.05, 3.63) is 23.0 Å². The van der Waals surface area contributed by atoms with Crippen LogP contribution in [0.3, 0.4) is 0 Å². The highest BCUT2D eigenvalue weighted by Gasteiger charge is 2.22. The van der Waals surface area contributed by atoms with Crippen molar-refractivity contribution < 1.29 is 4.79 Å². The van der Waals surface area contributed by atoms with Crippen molar-refractivity contribution in [1.29, 1.82) is 0 Å². The van der Waals surface area contributed by atoms with Gasteiger partial charge in [0, 0.05) is 11.6 Å². The quantitative estimate of drug-likeness (QED) is 0.869. The van der Waals surface area contributed by atoms with E-state index in [0.29, 0.717) is 0 Å². The van der Waals surface area contributed by atoms with Crippen molar-refractivity contribution in [2.75, 3.05) is 5.32 Å². The Morgan fingerprint density at radius 2 is 1.73 bits per heavy atom. The van der Waals surface area contributed by atoms with E-state index in [2.05, 4.69) is 17.2 Å². The number of fused-ring (bicyclic) bond motifs is 1. The molecule has 0 atom stereocenters. The molecular formula is C19H28N2O. The normalized spacial score (nSPS) is 19.9. The number of aryl methyl sites for hydroxylation is 1. The summed E-state index contributed by atoms with van der Waals surface area (Å²) >= 11 is 0. The lowest BCUT2D eigenvalue weighted by Crippen LogP contribution is -2.23. The van der Waals surface area contributed by atoms with Crippen molar-refractivity contribution in [2.24, 2.45) is 5.92 Å². The van der Waals surface area contributed by atoms with Crippen LogP contribution in [-0.4, -0.2) is 10.9 Å². The van der Waals surface area contributed by atoms with Crippen LogP contribution in [-0.2, 0) is 17.6 Å². The first-order valence-electron chi connectivity index (χ1n) is 9.04. The molecule has 2 aliphatic rings. The molecule has 1 N–H and O–H groups in total. The summed E-state index contributed by atoms with van der Waals surface area (Å²) in [7, 11) is 0. The third kappa shape index (κ3) is 3.50. The Morgan fingerprint density at radius 1 is 1.05 bits per heavy atom. The lowest BCUT2D eigenvalue weighted by atomic mass is 9.95. The van der Waals surface area contributed by atoms with Crippen LogP contribution in [0.1, 0.15) is 74.6 Å². The van der Waals surface area contributed by atoms with E-state index in [4.69, 9.17) is 0 Å². The number of rotatable bonds is 2. The minimum atomic E-state index is 0.186. The number of hydrogen-bond donors (Lipinski definition) is 1. The molecule has 0 spiro atoms. The molecule has 1 fully saturated rings. The van der Waals surface area contributed by atoms with Gasteiger partial charge in [-0.25, -0.2) is 0 Å². The van der Waals surface area contributed by atoms with Gasteiger partial charge >= 0.3 is 0 Å². The second-order valence-electron chi connectivity index (χ2n) is 6.96. The molecule has 1 saturated carbocycles. The standard InChI is InChI=1S/C19H28N2O/c1-14-16-11-8-12-17(16)20-13-18(14)21-19(22)15-9-6-4-2-3-5-7-10-15/h13,15H,2-12H2,1H3,(H,21,22). The van der Waals surface area contributed by atoms with Crippen LogP contribution >= 0.6 is 0 Å².